The second-order valence-corrected chi connectivity index (χ2v) is 9.86. The maximum atomic E-state index is 14.3. The molecule has 0 unspecified atom stereocenters. The van der Waals surface area contributed by atoms with Crippen LogP contribution in [0.25, 0.3) is 33.6 Å². The zero-order valence-electron chi connectivity index (χ0n) is 21.9. The van der Waals surface area contributed by atoms with Crippen LogP contribution in [0.3, 0.4) is 0 Å². The van der Waals surface area contributed by atoms with Crippen molar-refractivity contribution in [3.05, 3.63) is 78.8 Å². The summed E-state index contributed by atoms with van der Waals surface area (Å²) in [4.78, 5) is 17.7. The fraction of sp³-hybridized carbons (Fsp3) is 0.310. The highest BCUT2D eigenvalue weighted by molar-refractivity contribution is 5.83. The number of nitrogen functional groups attached to an aromatic ring is 1. The Labute approximate surface area is 221 Å². The van der Waals surface area contributed by atoms with Crippen molar-refractivity contribution in [2.45, 2.75) is 58.7 Å². The zero-order chi connectivity index (χ0) is 26.6. The van der Waals surface area contributed by atoms with Crippen molar-refractivity contribution in [2.75, 3.05) is 5.73 Å². The third-order valence-electron chi connectivity index (χ3n) is 6.72. The van der Waals surface area contributed by atoms with Gasteiger partial charge in [0.05, 0.1) is 29.3 Å². The van der Waals surface area contributed by atoms with E-state index in [1.165, 1.54) is 11.6 Å². The summed E-state index contributed by atoms with van der Waals surface area (Å²) in [6.07, 6.45) is 7.54. The number of imidazole rings is 2. The summed E-state index contributed by atoms with van der Waals surface area (Å²) in [5.74, 6) is 0.140. The van der Waals surface area contributed by atoms with Gasteiger partial charge >= 0.3 is 0 Å². The predicted molar refractivity (Wildman–Crippen MR) is 150 cm³/mol. The lowest BCUT2D eigenvalue weighted by Crippen LogP contribution is -2.12. The molecule has 196 valence electrons. The average Bonchev–Trinajstić information content (AvgIpc) is 3.52. The van der Waals surface area contributed by atoms with Gasteiger partial charge < -0.3 is 20.2 Å². The maximum absolute atomic E-state index is 14.3. The lowest BCUT2D eigenvalue weighted by atomic mass is 10.1. The Balaban J connectivity index is 1.12. The van der Waals surface area contributed by atoms with Crippen LogP contribution in [0, 0.1) is 5.82 Å². The number of rotatable bonds is 11. The molecule has 2 aromatic carbocycles. The number of hydrogen-bond acceptors (Lipinski definition) is 6. The van der Waals surface area contributed by atoms with Gasteiger partial charge in [-0.3, -0.25) is 0 Å². The molecule has 0 aliphatic rings. The number of nitrogens with one attached hydrogen (secondary N) is 1. The van der Waals surface area contributed by atoms with Gasteiger partial charge in [-0.25, -0.2) is 24.3 Å². The van der Waals surface area contributed by atoms with Gasteiger partial charge in [-0.05, 0) is 62.9 Å². The number of fused-ring (bicyclic) bond motifs is 2. The molecule has 0 spiro atoms. The highest BCUT2D eigenvalue weighted by Gasteiger charge is 2.15. The van der Waals surface area contributed by atoms with E-state index in [0.717, 1.165) is 55.5 Å². The van der Waals surface area contributed by atoms with E-state index in [-0.39, 0.29) is 17.5 Å². The van der Waals surface area contributed by atoms with Crippen LogP contribution in [0.2, 0.25) is 0 Å². The molecule has 38 heavy (non-hydrogen) atoms. The first-order valence-electron chi connectivity index (χ1n) is 13.0. The second-order valence-electron chi connectivity index (χ2n) is 9.86. The molecule has 3 aromatic heterocycles. The van der Waals surface area contributed by atoms with Crippen LogP contribution < -0.4 is 11.1 Å². The highest BCUT2D eigenvalue weighted by atomic mass is 19.1. The van der Waals surface area contributed by atoms with Gasteiger partial charge in [-0.15, -0.1) is 0 Å². The molecule has 0 bridgehead atoms. The van der Waals surface area contributed by atoms with Crippen LogP contribution in [0.4, 0.5) is 10.2 Å². The van der Waals surface area contributed by atoms with Gasteiger partial charge in [0.15, 0.2) is 17.3 Å². The average molecular weight is 513 g/mol. The van der Waals surface area contributed by atoms with E-state index in [0.29, 0.717) is 22.8 Å². The van der Waals surface area contributed by atoms with Crippen LogP contribution in [0.5, 0.6) is 0 Å². The largest absolute Gasteiger partial charge is 0.385 e. The summed E-state index contributed by atoms with van der Waals surface area (Å²) < 4.78 is 18.4. The van der Waals surface area contributed by atoms with E-state index >= 15 is 0 Å². The topological polar surface area (TPSA) is 99.5 Å². The summed E-state index contributed by atoms with van der Waals surface area (Å²) in [5.41, 5.74) is 12.0. The molecule has 0 amide bonds. The molecule has 0 saturated carbocycles. The third-order valence-corrected chi connectivity index (χ3v) is 6.72. The standard InChI is InChI=1S/C29H33FN8/c1-19(2)38-18-33-24-13-12-21(15-25(24)38)16-32-20(3)9-5-4-8-14-37-17-34-26-27(31)35-28(36-29(26)37)22-10-6-7-11-23(22)30/h6-7,10-13,15,17-19,32H,3-5,8-9,14,16H2,1-2H3,(H2,31,35,36). The number of benzene rings is 2. The molecule has 5 rings (SSSR count). The van der Waals surface area contributed by atoms with Crippen molar-refractivity contribution in [1.82, 2.24) is 34.4 Å². The fourth-order valence-electron chi connectivity index (χ4n) is 4.60. The van der Waals surface area contributed by atoms with Gasteiger partial charge in [-0.2, -0.15) is 0 Å². The predicted octanol–water partition coefficient (Wildman–Crippen LogP) is 6.01. The number of anilines is 1. The Kier molecular flexibility index (Phi) is 7.35. The quantitative estimate of drug-likeness (QED) is 0.210. The molecule has 0 saturated heterocycles. The minimum Gasteiger partial charge on any atom is -0.385 e. The monoisotopic (exact) mass is 512 g/mol. The Morgan fingerprint density at radius 1 is 1.05 bits per heavy atom. The number of allylic oxidation sites excluding steroid dienone is 1. The SMILES string of the molecule is C=C(CCCCCn1cnc2c(N)nc(-c3ccccc3F)nc21)NCc1ccc2ncn(C(C)C)c2c1. The van der Waals surface area contributed by atoms with E-state index in [2.05, 4.69) is 68.4 Å². The zero-order valence-corrected chi connectivity index (χ0v) is 21.9. The lowest BCUT2D eigenvalue weighted by Gasteiger charge is -2.12. The maximum Gasteiger partial charge on any atom is 0.167 e. The Morgan fingerprint density at radius 2 is 1.89 bits per heavy atom. The van der Waals surface area contributed by atoms with Crippen LogP contribution in [0.1, 0.15) is 51.1 Å². The normalized spacial score (nSPS) is 11.6. The van der Waals surface area contributed by atoms with E-state index in [1.807, 2.05) is 10.9 Å². The van der Waals surface area contributed by atoms with E-state index in [9.17, 15) is 4.39 Å². The molecule has 0 aliphatic heterocycles. The first kappa shape index (κ1) is 25.4. The molecule has 0 fully saturated rings. The van der Waals surface area contributed by atoms with E-state index in [1.54, 1.807) is 24.5 Å². The van der Waals surface area contributed by atoms with Crippen LogP contribution in [-0.4, -0.2) is 29.1 Å². The molecule has 8 nitrogen and oxygen atoms in total. The molecule has 0 atom stereocenters. The minimum absolute atomic E-state index is 0.252. The minimum atomic E-state index is -0.381. The Hall–Kier alpha value is -4.27. The number of hydrogen-bond donors (Lipinski definition) is 2. The lowest BCUT2D eigenvalue weighted by molar-refractivity contribution is 0.583. The summed E-state index contributed by atoms with van der Waals surface area (Å²) >= 11 is 0. The van der Waals surface area contributed by atoms with E-state index < -0.39 is 0 Å². The second kappa shape index (κ2) is 11.0. The van der Waals surface area contributed by atoms with Crippen molar-refractivity contribution >= 4 is 28.0 Å². The molecule has 3 heterocycles. The van der Waals surface area contributed by atoms with Crippen molar-refractivity contribution in [3.63, 3.8) is 0 Å². The number of unbranched alkanes of at least 4 members (excludes halogenated alkanes) is 2. The number of aromatic nitrogens is 6. The van der Waals surface area contributed by atoms with Crippen LogP contribution in [-0.2, 0) is 13.1 Å². The van der Waals surface area contributed by atoms with Crippen molar-refractivity contribution in [1.29, 1.82) is 0 Å². The van der Waals surface area contributed by atoms with Gasteiger partial charge in [0.2, 0.25) is 0 Å². The summed E-state index contributed by atoms with van der Waals surface area (Å²) in [5, 5.41) is 3.46. The first-order valence-corrected chi connectivity index (χ1v) is 13.0. The highest BCUT2D eigenvalue weighted by Crippen LogP contribution is 2.25. The third kappa shape index (κ3) is 5.37. The van der Waals surface area contributed by atoms with Crippen molar-refractivity contribution < 1.29 is 4.39 Å². The summed E-state index contributed by atoms with van der Waals surface area (Å²) in [6.45, 7) is 10.0. The Morgan fingerprint density at radius 3 is 2.71 bits per heavy atom. The molecular formula is C29H33FN8. The molecule has 3 N–H and O–H groups in total. The molecule has 5 aromatic rings. The number of nitrogens with zero attached hydrogens (tertiary/aromatic N) is 6. The van der Waals surface area contributed by atoms with E-state index in [4.69, 9.17) is 5.73 Å². The number of aryl methyl sites for hydroxylation is 1. The molecule has 9 heteroatoms. The smallest absolute Gasteiger partial charge is 0.167 e. The van der Waals surface area contributed by atoms with Crippen molar-refractivity contribution in [2.24, 2.45) is 0 Å². The molecular weight excluding hydrogens is 479 g/mol. The first-order chi connectivity index (χ1) is 18.4. The number of halogens is 1. The summed E-state index contributed by atoms with van der Waals surface area (Å²) in [7, 11) is 0. The van der Waals surface area contributed by atoms with Gasteiger partial charge in [0.1, 0.15) is 11.3 Å². The molecule has 0 aliphatic carbocycles. The van der Waals surface area contributed by atoms with Gasteiger partial charge in [0.25, 0.3) is 0 Å². The fourth-order valence-corrected chi connectivity index (χ4v) is 4.60. The van der Waals surface area contributed by atoms with Gasteiger partial charge in [0, 0.05) is 24.8 Å². The van der Waals surface area contributed by atoms with Gasteiger partial charge in [-0.1, -0.05) is 31.2 Å². The van der Waals surface area contributed by atoms with Crippen molar-refractivity contribution in [3.8, 4) is 11.4 Å². The number of nitrogens with two attached hydrogens (primary N) is 1. The molecule has 0 radical (unpaired) electrons. The Bertz CT molecular complexity index is 1580. The summed E-state index contributed by atoms with van der Waals surface area (Å²) in [6, 6.07) is 13.2. The van der Waals surface area contributed by atoms with Crippen LogP contribution in [0.15, 0.2) is 67.4 Å². The van der Waals surface area contributed by atoms with Crippen LogP contribution >= 0.6 is 0 Å².